The van der Waals surface area contributed by atoms with Gasteiger partial charge in [-0.05, 0) is 32.1 Å². The molecule has 1 rings (SSSR count). The second kappa shape index (κ2) is 7.85. The van der Waals surface area contributed by atoms with Crippen LogP contribution in [0.15, 0.2) is 0 Å². The topological polar surface area (TPSA) is 55.6 Å². The first-order valence-corrected chi connectivity index (χ1v) is 7.57. The highest BCUT2D eigenvalue weighted by atomic mass is 16.5. The highest BCUT2D eigenvalue weighted by Crippen LogP contribution is 2.29. The molecule has 1 aliphatic rings. The predicted octanol–water partition coefficient (Wildman–Crippen LogP) is 2.02. The summed E-state index contributed by atoms with van der Waals surface area (Å²) in [5.74, 6) is 0.670. The van der Waals surface area contributed by atoms with Gasteiger partial charge in [0, 0.05) is 25.7 Å². The van der Waals surface area contributed by atoms with Gasteiger partial charge in [0.2, 0.25) is 5.91 Å². The van der Waals surface area contributed by atoms with Crippen LogP contribution in [0.2, 0.25) is 0 Å². The molecule has 1 amide bonds. The van der Waals surface area contributed by atoms with E-state index in [0.717, 1.165) is 25.7 Å². The number of ether oxygens (including phenoxy) is 1. The van der Waals surface area contributed by atoms with Gasteiger partial charge in [-0.25, -0.2) is 0 Å². The van der Waals surface area contributed by atoms with Crippen molar-refractivity contribution in [2.24, 2.45) is 17.6 Å². The highest BCUT2D eigenvalue weighted by molar-refractivity contribution is 5.80. The average Bonchev–Trinajstić information content (AvgIpc) is 2.41. The number of methoxy groups -OCH3 is 1. The van der Waals surface area contributed by atoms with E-state index in [1.807, 2.05) is 4.90 Å². The zero-order valence-electron chi connectivity index (χ0n) is 12.9. The van der Waals surface area contributed by atoms with Gasteiger partial charge >= 0.3 is 0 Å². The molecule has 0 aromatic carbocycles. The molecule has 19 heavy (non-hydrogen) atoms. The third-order valence-electron chi connectivity index (χ3n) is 4.56. The van der Waals surface area contributed by atoms with Gasteiger partial charge in [-0.15, -0.1) is 0 Å². The zero-order valence-corrected chi connectivity index (χ0v) is 12.9. The maximum atomic E-state index is 12.8. The molecular weight excluding hydrogens is 240 g/mol. The van der Waals surface area contributed by atoms with Gasteiger partial charge in [-0.3, -0.25) is 4.79 Å². The SMILES string of the molecule is CCC(C)N(CCOC)C(=O)C1CCCC(C)C1N. The van der Waals surface area contributed by atoms with Crippen LogP contribution in [0.25, 0.3) is 0 Å². The smallest absolute Gasteiger partial charge is 0.227 e. The standard InChI is InChI=1S/C15H30N2O2/c1-5-12(3)17(9-10-19-4)15(18)13-8-6-7-11(2)14(13)16/h11-14H,5-10,16H2,1-4H3. The van der Waals surface area contributed by atoms with Gasteiger partial charge in [-0.1, -0.05) is 20.3 Å². The normalized spacial score (nSPS) is 29.0. The third kappa shape index (κ3) is 4.18. The summed E-state index contributed by atoms with van der Waals surface area (Å²) in [5, 5.41) is 0. The fraction of sp³-hybridized carbons (Fsp3) is 0.933. The lowest BCUT2D eigenvalue weighted by molar-refractivity contribution is -0.140. The lowest BCUT2D eigenvalue weighted by Crippen LogP contribution is -2.51. The molecule has 112 valence electrons. The van der Waals surface area contributed by atoms with Crippen LogP contribution in [0.4, 0.5) is 0 Å². The zero-order chi connectivity index (χ0) is 14.4. The van der Waals surface area contributed by atoms with Crippen LogP contribution in [0.1, 0.15) is 46.5 Å². The summed E-state index contributed by atoms with van der Waals surface area (Å²) in [5.41, 5.74) is 6.25. The molecule has 0 saturated heterocycles. The van der Waals surface area contributed by atoms with E-state index in [4.69, 9.17) is 10.5 Å². The van der Waals surface area contributed by atoms with Crippen LogP contribution in [0.5, 0.6) is 0 Å². The van der Waals surface area contributed by atoms with E-state index in [1.165, 1.54) is 0 Å². The third-order valence-corrected chi connectivity index (χ3v) is 4.56. The summed E-state index contributed by atoms with van der Waals surface area (Å²) in [4.78, 5) is 14.7. The van der Waals surface area contributed by atoms with Crippen LogP contribution >= 0.6 is 0 Å². The number of rotatable bonds is 6. The Hall–Kier alpha value is -0.610. The van der Waals surface area contributed by atoms with E-state index in [-0.39, 0.29) is 23.9 Å². The summed E-state index contributed by atoms with van der Waals surface area (Å²) in [6, 6.07) is 0.266. The molecule has 0 aromatic heterocycles. The number of amides is 1. The minimum atomic E-state index is -0.00499. The van der Waals surface area contributed by atoms with Crippen molar-refractivity contribution in [2.45, 2.75) is 58.5 Å². The molecule has 0 spiro atoms. The number of carbonyl (C=O) groups is 1. The van der Waals surface area contributed by atoms with Crippen LogP contribution < -0.4 is 5.73 Å². The maximum absolute atomic E-state index is 12.8. The summed E-state index contributed by atoms with van der Waals surface area (Å²) in [6.45, 7) is 7.63. The first-order valence-electron chi connectivity index (χ1n) is 7.57. The van der Waals surface area contributed by atoms with Crippen molar-refractivity contribution in [3.8, 4) is 0 Å². The number of nitrogens with two attached hydrogens (primary N) is 1. The molecule has 1 saturated carbocycles. The minimum Gasteiger partial charge on any atom is -0.383 e. The molecule has 0 aromatic rings. The minimum absolute atomic E-state index is 0.00499. The summed E-state index contributed by atoms with van der Waals surface area (Å²) in [6.07, 6.45) is 4.16. The van der Waals surface area contributed by atoms with Crippen molar-refractivity contribution < 1.29 is 9.53 Å². The first kappa shape index (κ1) is 16.4. The van der Waals surface area contributed by atoms with Gasteiger partial charge < -0.3 is 15.4 Å². The van der Waals surface area contributed by atoms with E-state index < -0.39 is 0 Å². The second-order valence-corrected chi connectivity index (χ2v) is 5.87. The summed E-state index contributed by atoms with van der Waals surface area (Å²) >= 11 is 0. The Bertz CT molecular complexity index is 283. The Kier molecular flexibility index (Phi) is 6.80. The Balaban J connectivity index is 2.73. The Labute approximate surface area is 117 Å². The average molecular weight is 270 g/mol. The van der Waals surface area contributed by atoms with E-state index in [2.05, 4.69) is 20.8 Å². The van der Waals surface area contributed by atoms with Gasteiger partial charge in [-0.2, -0.15) is 0 Å². The Morgan fingerprint density at radius 3 is 2.74 bits per heavy atom. The molecule has 4 nitrogen and oxygen atoms in total. The largest absolute Gasteiger partial charge is 0.383 e. The van der Waals surface area contributed by atoms with E-state index in [1.54, 1.807) is 7.11 Å². The van der Waals surface area contributed by atoms with Crippen molar-refractivity contribution in [1.29, 1.82) is 0 Å². The summed E-state index contributed by atoms with van der Waals surface area (Å²) in [7, 11) is 1.67. The maximum Gasteiger partial charge on any atom is 0.227 e. The number of hydrogen-bond donors (Lipinski definition) is 1. The van der Waals surface area contributed by atoms with Gasteiger partial charge in [0.05, 0.1) is 12.5 Å². The van der Waals surface area contributed by atoms with Crippen LogP contribution in [-0.2, 0) is 9.53 Å². The molecule has 4 atom stereocenters. The first-order chi connectivity index (χ1) is 9.02. The van der Waals surface area contributed by atoms with Crippen LogP contribution in [0, 0.1) is 11.8 Å². The van der Waals surface area contributed by atoms with Crippen LogP contribution in [0.3, 0.4) is 0 Å². The highest BCUT2D eigenvalue weighted by Gasteiger charge is 2.36. The van der Waals surface area contributed by atoms with Gasteiger partial charge in [0.25, 0.3) is 0 Å². The van der Waals surface area contributed by atoms with Crippen molar-refractivity contribution in [1.82, 2.24) is 4.90 Å². The van der Waals surface area contributed by atoms with Gasteiger partial charge in [0.1, 0.15) is 0 Å². The second-order valence-electron chi connectivity index (χ2n) is 5.87. The van der Waals surface area contributed by atoms with Crippen molar-refractivity contribution >= 4 is 5.91 Å². The monoisotopic (exact) mass is 270 g/mol. The molecule has 1 fully saturated rings. The van der Waals surface area contributed by atoms with Crippen molar-refractivity contribution in [3.63, 3.8) is 0 Å². The molecule has 0 aliphatic heterocycles. The number of carbonyl (C=O) groups excluding carboxylic acids is 1. The molecule has 4 unspecified atom stereocenters. The molecule has 1 aliphatic carbocycles. The number of hydrogen-bond acceptors (Lipinski definition) is 3. The molecule has 0 heterocycles. The van der Waals surface area contributed by atoms with Crippen molar-refractivity contribution in [3.05, 3.63) is 0 Å². The fourth-order valence-corrected chi connectivity index (χ4v) is 2.90. The lowest BCUT2D eigenvalue weighted by atomic mass is 9.77. The van der Waals surface area contributed by atoms with Gasteiger partial charge in [0.15, 0.2) is 0 Å². The Morgan fingerprint density at radius 1 is 1.47 bits per heavy atom. The molecule has 4 heteroatoms. The summed E-state index contributed by atoms with van der Waals surface area (Å²) < 4.78 is 5.13. The molecule has 2 N–H and O–H groups in total. The molecule has 0 radical (unpaired) electrons. The quantitative estimate of drug-likeness (QED) is 0.803. The van der Waals surface area contributed by atoms with E-state index in [9.17, 15) is 4.79 Å². The Morgan fingerprint density at radius 2 is 2.16 bits per heavy atom. The van der Waals surface area contributed by atoms with E-state index >= 15 is 0 Å². The lowest BCUT2D eigenvalue weighted by Gasteiger charge is -2.38. The predicted molar refractivity (Wildman–Crippen MR) is 77.8 cm³/mol. The number of nitrogens with zero attached hydrogens (tertiary/aromatic N) is 1. The van der Waals surface area contributed by atoms with Crippen LogP contribution in [-0.4, -0.2) is 43.2 Å². The van der Waals surface area contributed by atoms with Crippen molar-refractivity contribution in [2.75, 3.05) is 20.3 Å². The fourth-order valence-electron chi connectivity index (χ4n) is 2.90. The van der Waals surface area contributed by atoms with E-state index in [0.29, 0.717) is 19.1 Å². The molecular formula is C15H30N2O2. The molecule has 0 bridgehead atoms.